The van der Waals surface area contributed by atoms with Gasteiger partial charge < -0.3 is 0 Å². The third-order valence-corrected chi connectivity index (χ3v) is 1.43. The van der Waals surface area contributed by atoms with E-state index in [1.807, 2.05) is 0 Å². The number of amides is 2. The highest BCUT2D eigenvalue weighted by Crippen LogP contribution is 1.98. The number of carbonyl (C=O) groups excluding carboxylic acids is 2. The quantitative estimate of drug-likeness (QED) is 0.346. The van der Waals surface area contributed by atoms with Gasteiger partial charge in [-0.25, -0.2) is 0 Å². The van der Waals surface area contributed by atoms with Gasteiger partial charge >= 0.3 is 0 Å². The summed E-state index contributed by atoms with van der Waals surface area (Å²) < 4.78 is 0. The molecule has 1 saturated heterocycles. The summed E-state index contributed by atoms with van der Waals surface area (Å²) in [7, 11) is 0. The zero-order valence-electron chi connectivity index (χ0n) is 6.29. The molecule has 1 fully saturated rings. The van der Waals surface area contributed by atoms with E-state index >= 15 is 0 Å². The second kappa shape index (κ2) is 3.00. The molecule has 2 N–H and O–H groups in total. The van der Waals surface area contributed by atoms with Gasteiger partial charge in [-0.1, -0.05) is 0 Å². The van der Waals surface area contributed by atoms with Gasteiger partial charge in [0, 0.05) is 0 Å². The van der Waals surface area contributed by atoms with E-state index in [0.29, 0.717) is 0 Å². The van der Waals surface area contributed by atoms with Crippen LogP contribution in [0, 0.1) is 17.4 Å². The molecule has 0 aliphatic carbocycles. The van der Waals surface area contributed by atoms with Crippen LogP contribution in [0.1, 0.15) is 6.92 Å². The molecule has 0 spiro atoms. The second-order valence-corrected chi connectivity index (χ2v) is 2.26. The smallest absolute Gasteiger partial charge is 0.238 e. The van der Waals surface area contributed by atoms with E-state index in [-0.39, 0.29) is 5.96 Å². The third kappa shape index (κ3) is 1.40. The van der Waals surface area contributed by atoms with E-state index in [2.05, 4.69) is 15.6 Å². The van der Waals surface area contributed by atoms with E-state index < -0.39 is 17.7 Å². The van der Waals surface area contributed by atoms with Crippen LogP contribution in [0.5, 0.6) is 0 Å². The maximum Gasteiger partial charge on any atom is 0.238 e. The van der Waals surface area contributed by atoms with Gasteiger partial charge in [-0.05, 0) is 6.92 Å². The summed E-state index contributed by atoms with van der Waals surface area (Å²) in [5.41, 5.74) is 0. The van der Waals surface area contributed by atoms with Crippen molar-refractivity contribution in [1.29, 1.82) is 5.26 Å². The summed E-state index contributed by atoms with van der Waals surface area (Å²) in [6.07, 6.45) is 1.45. The molecule has 0 unspecified atom stereocenters. The van der Waals surface area contributed by atoms with Crippen molar-refractivity contribution in [1.82, 2.24) is 10.6 Å². The first-order chi connectivity index (χ1) is 5.65. The molecule has 0 saturated carbocycles. The first kappa shape index (κ1) is 8.20. The number of nitriles is 1. The highest BCUT2D eigenvalue weighted by molar-refractivity contribution is 6.17. The van der Waals surface area contributed by atoms with Crippen molar-refractivity contribution in [2.75, 3.05) is 0 Å². The molecule has 6 nitrogen and oxygen atoms in total. The van der Waals surface area contributed by atoms with Crippen LogP contribution in [-0.2, 0) is 9.59 Å². The summed E-state index contributed by atoms with van der Waals surface area (Å²) in [4.78, 5) is 25.0. The molecule has 0 aromatic rings. The zero-order chi connectivity index (χ0) is 9.14. The Kier molecular flexibility index (Phi) is 2.05. The molecule has 0 aromatic carbocycles. The Morgan fingerprint density at radius 1 is 1.42 bits per heavy atom. The number of carbonyl (C=O) groups is 2. The molecule has 1 aliphatic heterocycles. The van der Waals surface area contributed by atoms with Crippen molar-refractivity contribution in [2.45, 2.75) is 6.92 Å². The Morgan fingerprint density at radius 3 is 2.33 bits per heavy atom. The van der Waals surface area contributed by atoms with Crippen LogP contribution < -0.4 is 10.6 Å². The van der Waals surface area contributed by atoms with Gasteiger partial charge in [-0.3, -0.25) is 20.2 Å². The zero-order valence-corrected chi connectivity index (χ0v) is 6.29. The maximum absolute atomic E-state index is 10.9. The summed E-state index contributed by atoms with van der Waals surface area (Å²) in [5.74, 6) is -1.74. The van der Waals surface area contributed by atoms with Crippen LogP contribution in [0.25, 0.3) is 0 Å². The number of aliphatic imine (C=N–C) groups is 1. The predicted octanol–water partition coefficient (Wildman–Crippen LogP) is -1.29. The van der Waals surface area contributed by atoms with Crippen LogP contribution in [0.4, 0.5) is 0 Å². The minimum Gasteiger partial charge on any atom is -0.295 e. The Labute approximate surface area is 68.3 Å². The Hall–Kier alpha value is -1.90. The lowest BCUT2D eigenvalue weighted by Crippen LogP contribution is -2.55. The Balaban J connectivity index is 2.81. The minimum absolute atomic E-state index is 0.106. The van der Waals surface area contributed by atoms with E-state index in [1.165, 1.54) is 13.1 Å². The first-order valence-corrected chi connectivity index (χ1v) is 3.23. The lowest BCUT2D eigenvalue weighted by atomic mass is 10.1. The van der Waals surface area contributed by atoms with Crippen LogP contribution in [0.3, 0.4) is 0 Å². The molecule has 0 aromatic heterocycles. The lowest BCUT2D eigenvalue weighted by Gasteiger charge is -2.18. The first-order valence-electron chi connectivity index (χ1n) is 3.23. The van der Waals surface area contributed by atoms with Crippen LogP contribution in [0.15, 0.2) is 4.99 Å². The lowest BCUT2D eigenvalue weighted by molar-refractivity contribution is -0.134. The Morgan fingerprint density at radius 2 is 1.92 bits per heavy atom. The molecule has 1 heterocycles. The molecule has 0 radical (unpaired) electrons. The number of hydrogen-bond acceptors (Lipinski definition) is 4. The van der Waals surface area contributed by atoms with Crippen molar-refractivity contribution in [2.24, 2.45) is 10.9 Å². The van der Waals surface area contributed by atoms with Crippen molar-refractivity contribution < 1.29 is 9.59 Å². The minimum atomic E-state index is -0.734. The predicted molar refractivity (Wildman–Crippen MR) is 38.5 cm³/mol. The van der Waals surface area contributed by atoms with E-state index in [0.717, 1.165) is 0 Å². The second-order valence-electron chi connectivity index (χ2n) is 2.26. The number of guanidine groups is 1. The van der Waals surface area contributed by atoms with Gasteiger partial charge in [0.1, 0.15) is 5.92 Å². The largest absolute Gasteiger partial charge is 0.295 e. The van der Waals surface area contributed by atoms with E-state index in [4.69, 9.17) is 5.26 Å². The van der Waals surface area contributed by atoms with Crippen molar-refractivity contribution in [3.8, 4) is 6.19 Å². The fraction of sp³-hybridized carbons (Fsp3) is 0.333. The van der Waals surface area contributed by atoms with Crippen LogP contribution >= 0.6 is 0 Å². The highest BCUT2D eigenvalue weighted by Gasteiger charge is 2.28. The molecule has 62 valence electrons. The van der Waals surface area contributed by atoms with Crippen LogP contribution in [-0.4, -0.2) is 17.8 Å². The monoisotopic (exact) mass is 166 g/mol. The molecule has 1 aliphatic rings. The summed E-state index contributed by atoms with van der Waals surface area (Å²) in [6.45, 7) is 1.47. The standard InChI is InChI=1S/C6H6N4O2/c1-3-4(11)9-6(8-2-7)10-5(3)12/h3H,1H3,(H2,8,9,10,11,12). The van der Waals surface area contributed by atoms with E-state index in [1.54, 1.807) is 0 Å². The maximum atomic E-state index is 10.9. The fourth-order valence-electron chi connectivity index (χ4n) is 0.706. The Bertz CT molecular complexity index is 281. The summed E-state index contributed by atoms with van der Waals surface area (Å²) in [6, 6.07) is 0. The van der Waals surface area contributed by atoms with E-state index in [9.17, 15) is 9.59 Å². The molecular formula is C6H6N4O2. The fourth-order valence-corrected chi connectivity index (χ4v) is 0.706. The number of nitrogens with zero attached hydrogens (tertiary/aromatic N) is 2. The SMILES string of the molecule is CC1C(=O)NC(=NC#N)NC1=O. The number of nitrogens with one attached hydrogen (secondary N) is 2. The molecule has 2 amide bonds. The van der Waals surface area contributed by atoms with Crippen molar-refractivity contribution >= 4 is 17.8 Å². The van der Waals surface area contributed by atoms with Crippen LogP contribution in [0.2, 0.25) is 0 Å². The van der Waals surface area contributed by atoms with Gasteiger partial charge in [0.25, 0.3) is 0 Å². The molecular weight excluding hydrogens is 160 g/mol. The highest BCUT2D eigenvalue weighted by atomic mass is 16.2. The summed E-state index contributed by atoms with van der Waals surface area (Å²) >= 11 is 0. The third-order valence-electron chi connectivity index (χ3n) is 1.43. The van der Waals surface area contributed by atoms with Gasteiger partial charge in [-0.2, -0.15) is 5.26 Å². The van der Waals surface area contributed by atoms with Crippen molar-refractivity contribution in [3.05, 3.63) is 0 Å². The average Bonchev–Trinajstić information content (AvgIpc) is 2.01. The number of rotatable bonds is 0. The van der Waals surface area contributed by atoms with Crippen molar-refractivity contribution in [3.63, 3.8) is 0 Å². The normalized spacial score (nSPS) is 22.3. The average molecular weight is 166 g/mol. The number of hydrogen-bond donors (Lipinski definition) is 2. The molecule has 12 heavy (non-hydrogen) atoms. The molecule has 0 atom stereocenters. The molecule has 0 bridgehead atoms. The molecule has 6 heteroatoms. The van der Waals surface area contributed by atoms with Gasteiger partial charge in [0.05, 0.1) is 0 Å². The topological polar surface area (TPSA) is 94.3 Å². The summed E-state index contributed by atoms with van der Waals surface area (Å²) in [5, 5.41) is 12.6. The van der Waals surface area contributed by atoms with Gasteiger partial charge in [0.15, 0.2) is 0 Å². The molecule has 1 rings (SSSR count). The van der Waals surface area contributed by atoms with Gasteiger partial charge in [-0.15, -0.1) is 4.99 Å². The van der Waals surface area contributed by atoms with Gasteiger partial charge in [0.2, 0.25) is 24.0 Å².